The first-order chi connectivity index (χ1) is 14.1. The monoisotopic (exact) mass is 406 g/mol. The summed E-state index contributed by atoms with van der Waals surface area (Å²) in [5.41, 5.74) is 2.15. The van der Waals surface area contributed by atoms with Crippen molar-refractivity contribution in [3.63, 3.8) is 0 Å². The van der Waals surface area contributed by atoms with Crippen molar-refractivity contribution in [2.75, 3.05) is 6.61 Å². The third-order valence-electron chi connectivity index (χ3n) is 4.50. The van der Waals surface area contributed by atoms with Crippen molar-refractivity contribution in [1.82, 2.24) is 0 Å². The molecule has 3 nitrogen and oxygen atoms in total. The topological polar surface area (TPSA) is 49.7 Å². The van der Waals surface area contributed by atoms with Crippen LogP contribution in [0.15, 0.2) is 94.7 Å². The van der Waals surface area contributed by atoms with E-state index in [0.717, 1.165) is 26.7 Å². The third kappa shape index (κ3) is 6.79. The molecule has 0 fully saturated rings. The normalized spacial score (nSPS) is 13.3. The summed E-state index contributed by atoms with van der Waals surface area (Å²) in [5, 5.41) is 19.1. The minimum atomic E-state index is -0.658. The lowest BCUT2D eigenvalue weighted by molar-refractivity contribution is 0.112. The Kier molecular flexibility index (Phi) is 7.94. The predicted octanol–water partition coefficient (Wildman–Crippen LogP) is 5.42. The van der Waals surface area contributed by atoms with Crippen LogP contribution in [0.4, 0.5) is 0 Å². The second-order valence-electron chi connectivity index (χ2n) is 6.93. The van der Waals surface area contributed by atoms with Gasteiger partial charge in [0.15, 0.2) is 0 Å². The molecule has 2 N–H and O–H groups in total. The van der Waals surface area contributed by atoms with Crippen LogP contribution < -0.4 is 4.74 Å². The van der Waals surface area contributed by atoms with E-state index >= 15 is 0 Å². The molecule has 0 aromatic heterocycles. The van der Waals surface area contributed by atoms with E-state index in [4.69, 9.17) is 9.84 Å². The highest BCUT2D eigenvalue weighted by Gasteiger charge is 2.09. The second-order valence-corrected chi connectivity index (χ2v) is 8.08. The first-order valence-corrected chi connectivity index (χ1v) is 10.5. The predicted molar refractivity (Wildman–Crippen MR) is 119 cm³/mol. The van der Waals surface area contributed by atoms with E-state index in [9.17, 15) is 5.11 Å². The van der Waals surface area contributed by atoms with Crippen molar-refractivity contribution < 1.29 is 14.9 Å². The van der Waals surface area contributed by atoms with E-state index in [1.54, 1.807) is 17.8 Å². The maximum absolute atomic E-state index is 9.98. The van der Waals surface area contributed by atoms with Gasteiger partial charge in [-0.15, -0.1) is 0 Å². The molecule has 0 heterocycles. The molecule has 2 unspecified atom stereocenters. The fourth-order valence-electron chi connectivity index (χ4n) is 2.69. The zero-order valence-corrected chi connectivity index (χ0v) is 17.3. The second kappa shape index (κ2) is 10.9. The summed E-state index contributed by atoms with van der Waals surface area (Å²) >= 11 is 1.67. The molecule has 150 valence electrons. The number of hydrogen-bond acceptors (Lipinski definition) is 4. The Morgan fingerprint density at radius 1 is 0.931 bits per heavy atom. The number of rotatable bonds is 9. The molecule has 0 bridgehead atoms. The molecule has 0 aliphatic heterocycles. The Bertz CT molecular complexity index is 924. The summed E-state index contributed by atoms with van der Waals surface area (Å²) in [6.07, 6.45) is 2.96. The third-order valence-corrected chi connectivity index (χ3v) is 5.48. The van der Waals surface area contributed by atoms with Crippen molar-refractivity contribution >= 4 is 17.8 Å². The van der Waals surface area contributed by atoms with Crippen LogP contribution in [0.25, 0.3) is 6.08 Å². The van der Waals surface area contributed by atoms with E-state index in [2.05, 4.69) is 30.3 Å². The highest BCUT2D eigenvalue weighted by molar-refractivity contribution is 7.99. The van der Waals surface area contributed by atoms with Crippen molar-refractivity contribution in [2.24, 2.45) is 5.92 Å². The minimum absolute atomic E-state index is 0.0376. The molecule has 0 saturated heterocycles. The largest absolute Gasteiger partial charge is 0.489 e. The van der Waals surface area contributed by atoms with Crippen molar-refractivity contribution in [2.45, 2.75) is 29.4 Å². The SMILES string of the molecule is CC(CO)C(O)C=Cc1cccc(Sc2cccc(OCc3ccccc3)c2)c1. The lowest BCUT2D eigenvalue weighted by Gasteiger charge is -2.11. The average molecular weight is 407 g/mol. The van der Waals surface area contributed by atoms with Crippen LogP contribution in [-0.2, 0) is 6.61 Å². The summed E-state index contributed by atoms with van der Waals surface area (Å²) in [5.74, 6) is 0.665. The summed E-state index contributed by atoms with van der Waals surface area (Å²) in [4.78, 5) is 2.21. The number of ether oxygens (including phenoxy) is 1. The van der Waals surface area contributed by atoms with Gasteiger partial charge in [-0.05, 0) is 41.5 Å². The quantitative estimate of drug-likeness (QED) is 0.498. The van der Waals surface area contributed by atoms with Crippen LogP contribution in [0.2, 0.25) is 0 Å². The molecular formula is C25H26O3S. The Balaban J connectivity index is 1.63. The molecule has 0 amide bonds. The highest BCUT2D eigenvalue weighted by Crippen LogP contribution is 2.31. The highest BCUT2D eigenvalue weighted by atomic mass is 32.2. The smallest absolute Gasteiger partial charge is 0.120 e. The van der Waals surface area contributed by atoms with Crippen molar-refractivity contribution in [3.8, 4) is 5.75 Å². The Morgan fingerprint density at radius 3 is 2.41 bits per heavy atom. The summed E-state index contributed by atoms with van der Waals surface area (Å²) in [6.45, 7) is 2.32. The van der Waals surface area contributed by atoms with Crippen LogP contribution in [0.3, 0.4) is 0 Å². The molecule has 3 aromatic carbocycles. The number of aliphatic hydroxyl groups is 2. The van der Waals surface area contributed by atoms with Crippen LogP contribution in [0.1, 0.15) is 18.1 Å². The molecule has 2 atom stereocenters. The maximum Gasteiger partial charge on any atom is 0.120 e. The van der Waals surface area contributed by atoms with Gasteiger partial charge in [-0.1, -0.05) is 79.4 Å². The van der Waals surface area contributed by atoms with Gasteiger partial charge >= 0.3 is 0 Å². The van der Waals surface area contributed by atoms with Crippen LogP contribution in [0, 0.1) is 5.92 Å². The first-order valence-electron chi connectivity index (χ1n) is 9.66. The number of hydrogen-bond donors (Lipinski definition) is 2. The molecule has 0 spiro atoms. The zero-order chi connectivity index (χ0) is 20.5. The van der Waals surface area contributed by atoms with Crippen molar-refractivity contribution in [3.05, 3.63) is 96.1 Å². The Morgan fingerprint density at radius 2 is 1.66 bits per heavy atom. The molecule has 0 aliphatic carbocycles. The fraction of sp³-hybridized carbons (Fsp3) is 0.200. The van der Waals surface area contributed by atoms with Crippen LogP contribution >= 0.6 is 11.8 Å². The molecular weight excluding hydrogens is 380 g/mol. The Labute approximate surface area is 176 Å². The number of aliphatic hydroxyl groups excluding tert-OH is 2. The molecule has 4 heteroatoms. The molecule has 3 rings (SSSR count). The molecule has 0 saturated carbocycles. The summed E-state index contributed by atoms with van der Waals surface area (Å²) in [6, 6.07) is 26.3. The maximum atomic E-state index is 9.98. The molecule has 3 aromatic rings. The lowest BCUT2D eigenvalue weighted by atomic mass is 10.0. The average Bonchev–Trinajstić information content (AvgIpc) is 2.76. The van der Waals surface area contributed by atoms with Gasteiger partial charge in [-0.3, -0.25) is 0 Å². The fourth-order valence-corrected chi connectivity index (χ4v) is 3.63. The molecule has 0 radical (unpaired) electrons. The van der Waals surface area contributed by atoms with Gasteiger partial charge in [-0.2, -0.15) is 0 Å². The van der Waals surface area contributed by atoms with E-state index < -0.39 is 6.10 Å². The van der Waals surface area contributed by atoms with Gasteiger partial charge in [0.25, 0.3) is 0 Å². The van der Waals surface area contributed by atoms with Gasteiger partial charge < -0.3 is 14.9 Å². The van der Waals surface area contributed by atoms with E-state index in [1.807, 2.05) is 61.5 Å². The van der Waals surface area contributed by atoms with Crippen LogP contribution in [-0.4, -0.2) is 22.9 Å². The number of benzene rings is 3. The van der Waals surface area contributed by atoms with E-state index in [-0.39, 0.29) is 12.5 Å². The minimum Gasteiger partial charge on any atom is -0.489 e. The van der Waals surface area contributed by atoms with Crippen LogP contribution in [0.5, 0.6) is 5.75 Å². The van der Waals surface area contributed by atoms with Gasteiger partial charge in [-0.25, -0.2) is 0 Å². The lowest BCUT2D eigenvalue weighted by Crippen LogP contribution is -2.17. The van der Waals surface area contributed by atoms with Gasteiger partial charge in [0.2, 0.25) is 0 Å². The zero-order valence-electron chi connectivity index (χ0n) is 16.4. The van der Waals surface area contributed by atoms with E-state index in [0.29, 0.717) is 6.61 Å². The van der Waals surface area contributed by atoms with Gasteiger partial charge in [0, 0.05) is 22.3 Å². The first kappa shape index (κ1) is 21.2. The molecule has 29 heavy (non-hydrogen) atoms. The van der Waals surface area contributed by atoms with Gasteiger partial charge in [0.05, 0.1) is 6.10 Å². The summed E-state index contributed by atoms with van der Waals surface area (Å²) in [7, 11) is 0. The molecule has 0 aliphatic rings. The standard InChI is InChI=1S/C25H26O3S/c1-19(17-26)25(27)14-13-20-9-5-11-23(15-20)29-24-12-6-10-22(16-24)28-18-21-7-3-2-4-8-21/h2-16,19,25-27H,17-18H2,1H3. The summed E-state index contributed by atoms with van der Waals surface area (Å²) < 4.78 is 5.92. The van der Waals surface area contributed by atoms with Crippen molar-refractivity contribution in [1.29, 1.82) is 0 Å². The Hall–Kier alpha value is -2.53. The van der Waals surface area contributed by atoms with Gasteiger partial charge in [0.1, 0.15) is 12.4 Å². The van der Waals surface area contributed by atoms with E-state index in [1.165, 1.54) is 0 Å².